The lowest BCUT2D eigenvalue weighted by Gasteiger charge is -2.27. The van der Waals surface area contributed by atoms with E-state index in [1.54, 1.807) is 0 Å². The third-order valence-corrected chi connectivity index (χ3v) is 3.85. The standard InChI is InChI=1S/C11H14ClN5O4/c1-11(20)6(19)4(2-18)21-9(11)17-3-14-5-7(12)15-10(13)16-8(5)17/h3-4,6,9,18-20H,2H2,1H3,(H2,13,15,16)/t4-,6?,9-,11+/m1/s1. The van der Waals surface area contributed by atoms with Crippen molar-refractivity contribution >= 4 is 28.7 Å². The molecule has 21 heavy (non-hydrogen) atoms. The van der Waals surface area contributed by atoms with Gasteiger partial charge in [-0.1, -0.05) is 11.6 Å². The lowest BCUT2D eigenvalue weighted by atomic mass is 9.96. The largest absolute Gasteiger partial charge is 0.394 e. The highest BCUT2D eigenvalue weighted by molar-refractivity contribution is 6.33. The molecule has 9 nitrogen and oxygen atoms in total. The van der Waals surface area contributed by atoms with Gasteiger partial charge in [0.1, 0.15) is 23.3 Å². The van der Waals surface area contributed by atoms with Crippen molar-refractivity contribution in [2.24, 2.45) is 0 Å². The number of ether oxygens (including phenoxy) is 1. The third-order valence-electron chi connectivity index (χ3n) is 3.58. The van der Waals surface area contributed by atoms with E-state index in [0.29, 0.717) is 5.52 Å². The van der Waals surface area contributed by atoms with Crippen molar-refractivity contribution in [2.45, 2.75) is 31.0 Å². The van der Waals surface area contributed by atoms with Crippen molar-refractivity contribution in [3.63, 3.8) is 0 Å². The molecule has 3 heterocycles. The molecule has 1 saturated heterocycles. The van der Waals surface area contributed by atoms with Gasteiger partial charge in [0.05, 0.1) is 12.9 Å². The van der Waals surface area contributed by atoms with Gasteiger partial charge in [0.25, 0.3) is 0 Å². The molecule has 0 amide bonds. The molecule has 5 N–H and O–H groups in total. The second-order valence-corrected chi connectivity index (χ2v) is 5.43. The molecule has 114 valence electrons. The summed E-state index contributed by atoms with van der Waals surface area (Å²) in [6, 6.07) is 0. The zero-order valence-electron chi connectivity index (χ0n) is 11.0. The van der Waals surface area contributed by atoms with E-state index in [1.807, 2.05) is 0 Å². The summed E-state index contributed by atoms with van der Waals surface area (Å²) in [5, 5.41) is 29.7. The van der Waals surface area contributed by atoms with Crippen molar-refractivity contribution in [3.8, 4) is 0 Å². The van der Waals surface area contributed by atoms with Gasteiger partial charge in [0, 0.05) is 0 Å². The molecule has 2 aromatic heterocycles. The first kappa shape index (κ1) is 14.4. The second-order valence-electron chi connectivity index (χ2n) is 5.08. The molecule has 0 spiro atoms. The van der Waals surface area contributed by atoms with Crippen molar-refractivity contribution in [1.82, 2.24) is 19.5 Å². The summed E-state index contributed by atoms with van der Waals surface area (Å²) in [5.74, 6) is -0.0499. The Bertz CT molecular complexity index is 691. The number of nitrogens with two attached hydrogens (primary N) is 1. The number of nitrogens with zero attached hydrogens (tertiary/aromatic N) is 4. The molecular formula is C11H14ClN5O4. The van der Waals surface area contributed by atoms with Crippen LogP contribution >= 0.6 is 11.6 Å². The number of anilines is 1. The van der Waals surface area contributed by atoms with E-state index >= 15 is 0 Å². The number of aliphatic hydroxyl groups excluding tert-OH is 2. The molecule has 1 aliphatic heterocycles. The van der Waals surface area contributed by atoms with Crippen molar-refractivity contribution in [2.75, 3.05) is 12.3 Å². The first-order chi connectivity index (χ1) is 9.86. The summed E-state index contributed by atoms with van der Waals surface area (Å²) in [6.45, 7) is 0.967. The van der Waals surface area contributed by atoms with Crippen molar-refractivity contribution in [1.29, 1.82) is 0 Å². The van der Waals surface area contributed by atoms with Crippen LogP contribution in [0.1, 0.15) is 13.2 Å². The highest BCUT2D eigenvalue weighted by Gasteiger charge is 2.53. The van der Waals surface area contributed by atoms with Crippen molar-refractivity contribution < 1.29 is 20.1 Å². The molecular weight excluding hydrogens is 302 g/mol. The lowest BCUT2D eigenvalue weighted by Crippen LogP contribution is -2.44. The van der Waals surface area contributed by atoms with E-state index in [1.165, 1.54) is 17.8 Å². The second kappa shape index (κ2) is 4.75. The fourth-order valence-electron chi connectivity index (χ4n) is 2.46. The minimum Gasteiger partial charge on any atom is -0.394 e. The molecule has 0 radical (unpaired) electrons. The Kier molecular flexibility index (Phi) is 3.26. The molecule has 3 rings (SSSR count). The lowest BCUT2D eigenvalue weighted by molar-refractivity contribution is -0.0950. The van der Waals surface area contributed by atoms with Crippen molar-refractivity contribution in [3.05, 3.63) is 11.5 Å². The summed E-state index contributed by atoms with van der Waals surface area (Å²) in [6.07, 6.45) is -1.83. The zero-order chi connectivity index (χ0) is 15.4. The van der Waals surface area contributed by atoms with Crippen LogP contribution in [-0.2, 0) is 4.74 Å². The topological polar surface area (TPSA) is 140 Å². The molecule has 0 bridgehead atoms. The number of hydrogen-bond donors (Lipinski definition) is 4. The van der Waals surface area contributed by atoms with Gasteiger partial charge in [-0.15, -0.1) is 0 Å². The van der Waals surface area contributed by atoms with Crippen LogP contribution in [0.3, 0.4) is 0 Å². The average molecular weight is 316 g/mol. The van der Waals surface area contributed by atoms with Gasteiger partial charge in [0.15, 0.2) is 17.0 Å². The molecule has 1 fully saturated rings. The molecule has 0 aromatic carbocycles. The summed E-state index contributed by atoms with van der Waals surface area (Å²) in [7, 11) is 0. The van der Waals surface area contributed by atoms with E-state index in [0.717, 1.165) is 0 Å². The number of nitrogen functional groups attached to an aromatic ring is 1. The number of halogens is 1. The highest BCUT2D eigenvalue weighted by Crippen LogP contribution is 2.39. The predicted octanol–water partition coefficient (Wildman–Crippen LogP) is -0.937. The number of hydrogen-bond acceptors (Lipinski definition) is 8. The molecule has 10 heteroatoms. The van der Waals surface area contributed by atoms with Gasteiger partial charge in [-0.3, -0.25) is 4.57 Å². The van der Waals surface area contributed by atoms with Crippen LogP contribution in [0.2, 0.25) is 5.15 Å². The van der Waals surface area contributed by atoms with Crippen LogP contribution in [0.5, 0.6) is 0 Å². The van der Waals surface area contributed by atoms with E-state index in [2.05, 4.69) is 15.0 Å². The number of imidazole rings is 1. The van der Waals surface area contributed by atoms with E-state index in [9.17, 15) is 15.3 Å². The van der Waals surface area contributed by atoms with Gasteiger partial charge in [-0.05, 0) is 6.92 Å². The SMILES string of the molecule is C[C@]1(O)C(O)[C@@H](CO)O[C@H]1n1cnc2c(Cl)nc(N)nc21. The van der Waals surface area contributed by atoms with E-state index in [-0.39, 0.29) is 16.7 Å². The first-order valence-corrected chi connectivity index (χ1v) is 6.56. The number of rotatable bonds is 2. The van der Waals surface area contributed by atoms with E-state index < -0.39 is 30.6 Å². The Hall–Kier alpha value is -1.52. The maximum Gasteiger partial charge on any atom is 0.223 e. The molecule has 2 aromatic rings. The Morgan fingerprint density at radius 3 is 2.86 bits per heavy atom. The summed E-state index contributed by atoms with van der Waals surface area (Å²) < 4.78 is 6.90. The minimum atomic E-state index is -1.65. The van der Waals surface area contributed by atoms with Gasteiger partial charge in [0.2, 0.25) is 5.95 Å². The van der Waals surface area contributed by atoms with Gasteiger partial charge in [-0.25, -0.2) is 4.98 Å². The Labute approximate surface area is 124 Å². The van der Waals surface area contributed by atoms with Gasteiger partial charge < -0.3 is 25.8 Å². The highest BCUT2D eigenvalue weighted by atomic mass is 35.5. The Morgan fingerprint density at radius 2 is 2.24 bits per heavy atom. The molecule has 0 aliphatic carbocycles. The fraction of sp³-hybridized carbons (Fsp3) is 0.545. The molecule has 0 saturated carbocycles. The summed E-state index contributed by atoms with van der Waals surface area (Å²) in [4.78, 5) is 11.9. The monoisotopic (exact) mass is 315 g/mol. The first-order valence-electron chi connectivity index (χ1n) is 6.18. The zero-order valence-corrected chi connectivity index (χ0v) is 11.8. The average Bonchev–Trinajstić information content (AvgIpc) is 2.91. The summed E-state index contributed by atoms with van der Waals surface area (Å²) in [5.41, 5.74) is 4.48. The smallest absolute Gasteiger partial charge is 0.223 e. The van der Waals surface area contributed by atoms with Crippen LogP contribution < -0.4 is 5.73 Å². The molecule has 1 aliphatic rings. The quantitative estimate of drug-likeness (QED) is 0.521. The molecule has 1 unspecified atom stereocenters. The van der Waals surface area contributed by atoms with Crippen LogP contribution in [0.25, 0.3) is 11.2 Å². The minimum absolute atomic E-state index is 0.0499. The Morgan fingerprint density at radius 1 is 1.52 bits per heavy atom. The van der Waals surface area contributed by atoms with Gasteiger partial charge >= 0.3 is 0 Å². The van der Waals surface area contributed by atoms with Crippen LogP contribution in [0, 0.1) is 0 Å². The Balaban J connectivity index is 2.13. The third kappa shape index (κ3) is 2.05. The van der Waals surface area contributed by atoms with Crippen LogP contribution in [-0.4, -0.2) is 59.3 Å². The summed E-state index contributed by atoms with van der Waals surface area (Å²) >= 11 is 5.94. The fourth-order valence-corrected chi connectivity index (χ4v) is 2.68. The maximum absolute atomic E-state index is 10.5. The molecule has 4 atom stereocenters. The maximum atomic E-state index is 10.5. The van der Waals surface area contributed by atoms with Gasteiger partial charge in [-0.2, -0.15) is 9.97 Å². The predicted molar refractivity (Wildman–Crippen MR) is 72.4 cm³/mol. The number of aliphatic hydroxyl groups is 3. The number of fused-ring (bicyclic) bond motifs is 1. The van der Waals surface area contributed by atoms with Crippen LogP contribution in [0.15, 0.2) is 6.33 Å². The van der Waals surface area contributed by atoms with Crippen LogP contribution in [0.4, 0.5) is 5.95 Å². The van der Waals surface area contributed by atoms with E-state index in [4.69, 9.17) is 22.1 Å². The number of aromatic nitrogens is 4. The normalized spacial score (nSPS) is 32.9.